The molecule has 1 aromatic rings. The molecule has 1 aliphatic rings. The molecule has 0 spiro atoms. The third-order valence-corrected chi connectivity index (χ3v) is 5.37. The molecule has 1 aromatic carbocycles. The van der Waals surface area contributed by atoms with Crippen molar-refractivity contribution >= 4 is 34.4 Å². The van der Waals surface area contributed by atoms with Gasteiger partial charge in [0.05, 0.1) is 12.0 Å². The number of carbonyl (C=O) groups excluding carboxylic acids is 2. The van der Waals surface area contributed by atoms with Crippen molar-refractivity contribution in [2.45, 2.75) is 24.3 Å². The summed E-state index contributed by atoms with van der Waals surface area (Å²) in [5.74, 6) is -0.281. The van der Waals surface area contributed by atoms with Gasteiger partial charge >= 0.3 is 6.03 Å². The van der Waals surface area contributed by atoms with Gasteiger partial charge < -0.3 is 15.4 Å². The van der Waals surface area contributed by atoms with E-state index in [2.05, 4.69) is 20.7 Å². The summed E-state index contributed by atoms with van der Waals surface area (Å²) in [6, 6.07) is 3.53. The molecule has 146 valence electrons. The summed E-state index contributed by atoms with van der Waals surface area (Å²) in [5, 5.41) is 7.67. The topological polar surface area (TPSA) is 126 Å². The molecule has 0 aliphatic carbocycles. The molecule has 0 radical (unpaired) electrons. The quantitative estimate of drug-likeness (QED) is 0.357. The Balaban J connectivity index is 0.00000338. The summed E-state index contributed by atoms with van der Waals surface area (Å²) < 4.78 is 32.6. The Kier molecular flexibility index (Phi) is 7.39. The first-order chi connectivity index (χ1) is 11.7. The molecule has 3 amide bonds. The van der Waals surface area contributed by atoms with Gasteiger partial charge in [0, 0.05) is 18.7 Å². The summed E-state index contributed by atoms with van der Waals surface area (Å²) in [6.45, 7) is 4.87. The first kappa shape index (κ1) is 22.2. The number of hydrogen-bond acceptors (Lipinski definition) is 6. The summed E-state index contributed by atoms with van der Waals surface area (Å²) >= 11 is 0. The normalized spacial score (nSPS) is 19.5. The van der Waals surface area contributed by atoms with Crippen molar-refractivity contribution in [1.82, 2.24) is 20.7 Å². The maximum absolute atomic E-state index is 12.4. The van der Waals surface area contributed by atoms with Crippen LogP contribution in [0.2, 0.25) is 0 Å². The van der Waals surface area contributed by atoms with Crippen LogP contribution < -0.4 is 25.4 Å². The summed E-state index contributed by atoms with van der Waals surface area (Å²) in [5.41, 5.74) is -1.16. The fourth-order valence-electron chi connectivity index (χ4n) is 2.51. The molecule has 1 heterocycles. The van der Waals surface area contributed by atoms with Crippen LogP contribution in [0.4, 0.5) is 4.79 Å². The molecule has 26 heavy (non-hydrogen) atoms. The zero-order valence-corrected chi connectivity index (χ0v) is 16.3. The van der Waals surface area contributed by atoms with E-state index in [9.17, 15) is 18.0 Å². The number of likely N-dealkylation sites (N-methyl/N-ethyl adjacent to an activating group) is 1. The van der Waals surface area contributed by atoms with Gasteiger partial charge in [-0.1, -0.05) is 6.92 Å². The Morgan fingerprint density at radius 2 is 1.92 bits per heavy atom. The van der Waals surface area contributed by atoms with Crippen LogP contribution in [0.25, 0.3) is 0 Å². The molecule has 4 N–H and O–H groups in total. The predicted octanol–water partition coefficient (Wildman–Crippen LogP) is 0.0594. The lowest BCUT2D eigenvalue weighted by Crippen LogP contribution is -2.41. The Bertz CT molecular complexity index is 786. The van der Waals surface area contributed by atoms with Crippen LogP contribution in [0.15, 0.2) is 23.1 Å². The number of carbonyl (C=O) groups is 2. The third-order valence-electron chi connectivity index (χ3n) is 3.91. The minimum atomic E-state index is -3.77. The molecule has 11 heteroatoms. The van der Waals surface area contributed by atoms with E-state index < -0.39 is 27.5 Å². The van der Waals surface area contributed by atoms with Crippen molar-refractivity contribution in [3.63, 3.8) is 0 Å². The van der Waals surface area contributed by atoms with Gasteiger partial charge in [0.25, 0.3) is 5.91 Å². The molecule has 9 nitrogen and oxygen atoms in total. The summed E-state index contributed by atoms with van der Waals surface area (Å²) in [7, 11) is -2.36. The van der Waals surface area contributed by atoms with Crippen molar-refractivity contribution in [3.8, 4) is 5.75 Å². The number of nitrogens with one attached hydrogen (secondary N) is 4. The number of urea groups is 1. The first-order valence-electron chi connectivity index (χ1n) is 7.77. The smallest absolute Gasteiger partial charge is 0.322 e. The van der Waals surface area contributed by atoms with Crippen LogP contribution in [-0.2, 0) is 20.4 Å². The average molecular weight is 407 g/mol. The first-order valence-corrected chi connectivity index (χ1v) is 9.25. The second-order valence-electron chi connectivity index (χ2n) is 5.65. The van der Waals surface area contributed by atoms with Crippen molar-refractivity contribution < 1.29 is 22.7 Å². The maximum Gasteiger partial charge on any atom is 0.322 e. The number of imide groups is 1. The van der Waals surface area contributed by atoms with E-state index in [1.54, 1.807) is 0 Å². The molecule has 0 saturated carbocycles. The number of hydrogen-bond donors (Lipinski definition) is 4. The highest BCUT2D eigenvalue weighted by Crippen LogP contribution is 2.34. The molecule has 1 atom stereocenters. The van der Waals surface area contributed by atoms with Crippen LogP contribution >= 0.6 is 12.4 Å². The van der Waals surface area contributed by atoms with Crippen LogP contribution in [0.5, 0.6) is 5.75 Å². The van der Waals surface area contributed by atoms with E-state index in [0.29, 0.717) is 12.3 Å². The van der Waals surface area contributed by atoms with Crippen molar-refractivity contribution in [1.29, 1.82) is 0 Å². The number of ether oxygens (including phenoxy) is 1. The lowest BCUT2D eigenvalue weighted by molar-refractivity contribution is -0.123. The third kappa shape index (κ3) is 4.44. The zero-order chi connectivity index (χ0) is 18.7. The Morgan fingerprint density at radius 3 is 2.46 bits per heavy atom. The largest absolute Gasteiger partial charge is 0.496 e. The average Bonchev–Trinajstić information content (AvgIpc) is 2.84. The SMILES string of the molecule is CCNCCNS(=O)(=O)c1ccc(OC)c(C2(C)NC(=O)NC2=O)c1.Cl. The standard InChI is InChI=1S/C15H22N4O5S.ClH/c1-4-16-7-8-17-25(22,23)10-5-6-12(24-3)11(9-10)15(2)13(20)18-14(21)19-15;/h5-6,9,16-17H,4,7-8H2,1-3H3,(H2,18,19,20,21);1H. The van der Waals surface area contributed by atoms with Gasteiger partial charge in [0.15, 0.2) is 0 Å². The predicted molar refractivity (Wildman–Crippen MR) is 98.0 cm³/mol. The maximum atomic E-state index is 12.4. The van der Waals surface area contributed by atoms with Crippen LogP contribution in [0.1, 0.15) is 19.4 Å². The number of methoxy groups -OCH3 is 1. The van der Waals surface area contributed by atoms with E-state index in [1.165, 1.54) is 32.2 Å². The Hall–Kier alpha value is -1.88. The van der Waals surface area contributed by atoms with E-state index in [-0.39, 0.29) is 29.4 Å². The van der Waals surface area contributed by atoms with Crippen molar-refractivity contribution in [3.05, 3.63) is 23.8 Å². The van der Waals surface area contributed by atoms with Gasteiger partial charge in [-0.2, -0.15) is 0 Å². The molecule has 1 saturated heterocycles. The Labute approximate surface area is 158 Å². The number of benzene rings is 1. The van der Waals surface area contributed by atoms with Gasteiger partial charge in [0.1, 0.15) is 11.3 Å². The Morgan fingerprint density at radius 1 is 1.23 bits per heavy atom. The van der Waals surface area contributed by atoms with Gasteiger partial charge in [-0.25, -0.2) is 17.9 Å². The van der Waals surface area contributed by atoms with Gasteiger partial charge in [-0.05, 0) is 31.7 Å². The van der Waals surface area contributed by atoms with Crippen LogP contribution in [-0.4, -0.2) is 47.1 Å². The molecule has 1 aliphatic heterocycles. The molecular weight excluding hydrogens is 384 g/mol. The lowest BCUT2D eigenvalue weighted by Gasteiger charge is -2.24. The molecule has 0 aromatic heterocycles. The highest BCUT2D eigenvalue weighted by molar-refractivity contribution is 7.89. The van der Waals surface area contributed by atoms with E-state index in [0.717, 1.165) is 6.54 Å². The van der Waals surface area contributed by atoms with E-state index in [1.807, 2.05) is 6.92 Å². The number of amides is 3. The van der Waals surface area contributed by atoms with Crippen LogP contribution in [0.3, 0.4) is 0 Å². The highest BCUT2D eigenvalue weighted by Gasteiger charge is 2.45. The van der Waals surface area contributed by atoms with E-state index >= 15 is 0 Å². The molecule has 2 rings (SSSR count). The second-order valence-corrected chi connectivity index (χ2v) is 7.41. The summed E-state index contributed by atoms with van der Waals surface area (Å²) in [6.07, 6.45) is 0. The van der Waals surface area contributed by atoms with Gasteiger partial charge in [0.2, 0.25) is 10.0 Å². The van der Waals surface area contributed by atoms with E-state index in [4.69, 9.17) is 4.74 Å². The summed E-state index contributed by atoms with van der Waals surface area (Å²) in [4.78, 5) is 23.6. The number of sulfonamides is 1. The lowest BCUT2D eigenvalue weighted by atomic mass is 9.91. The van der Waals surface area contributed by atoms with Crippen LogP contribution in [0, 0.1) is 0 Å². The molecule has 0 bridgehead atoms. The minimum absolute atomic E-state index is 0. The highest BCUT2D eigenvalue weighted by atomic mass is 35.5. The monoisotopic (exact) mass is 406 g/mol. The van der Waals surface area contributed by atoms with Crippen molar-refractivity contribution in [2.75, 3.05) is 26.7 Å². The molecule has 1 unspecified atom stereocenters. The fourth-order valence-corrected chi connectivity index (χ4v) is 3.57. The second kappa shape index (κ2) is 8.67. The zero-order valence-electron chi connectivity index (χ0n) is 14.7. The minimum Gasteiger partial charge on any atom is -0.496 e. The van der Waals surface area contributed by atoms with Gasteiger partial charge in [-0.15, -0.1) is 12.4 Å². The van der Waals surface area contributed by atoms with Crippen molar-refractivity contribution in [2.24, 2.45) is 0 Å². The molecule has 1 fully saturated rings. The fraction of sp³-hybridized carbons (Fsp3) is 0.467. The van der Waals surface area contributed by atoms with Gasteiger partial charge in [-0.3, -0.25) is 10.1 Å². The number of rotatable bonds is 8. The number of halogens is 1. The molecular formula is C15H23ClN4O5S.